The molecule has 140 valence electrons. The molecular weight excluding hydrogens is 354 g/mol. The summed E-state index contributed by atoms with van der Waals surface area (Å²) >= 11 is 0. The Morgan fingerprint density at radius 1 is 1.31 bits per heavy atom. The van der Waals surface area contributed by atoms with Crippen LogP contribution in [0.15, 0.2) is 41.6 Å². The van der Waals surface area contributed by atoms with Crippen LogP contribution in [-0.4, -0.2) is 41.7 Å². The van der Waals surface area contributed by atoms with Crippen LogP contribution in [0.2, 0.25) is 0 Å². The predicted octanol–water partition coefficient (Wildman–Crippen LogP) is 1.41. The molecule has 0 unspecified atom stereocenters. The number of aromatic nitrogens is 2. The molecule has 9 heteroatoms. The molecule has 0 saturated carbocycles. The largest absolute Gasteiger partial charge is 0.368 e. The van der Waals surface area contributed by atoms with Crippen LogP contribution in [0.1, 0.15) is 36.2 Å². The number of nitrogens with one attached hydrogen (secondary N) is 1. The van der Waals surface area contributed by atoms with Gasteiger partial charge in [0.15, 0.2) is 0 Å². The van der Waals surface area contributed by atoms with E-state index in [0.717, 1.165) is 6.42 Å². The van der Waals surface area contributed by atoms with Crippen molar-refractivity contribution < 1.29 is 13.2 Å². The second-order valence-electron chi connectivity index (χ2n) is 6.02. The van der Waals surface area contributed by atoms with Gasteiger partial charge in [-0.25, -0.2) is 18.4 Å². The zero-order valence-electron chi connectivity index (χ0n) is 15.0. The number of sulfonamides is 1. The molecule has 0 aliphatic rings. The van der Waals surface area contributed by atoms with Gasteiger partial charge in [0.05, 0.1) is 4.90 Å². The molecule has 1 amide bonds. The number of hydrogen-bond donors (Lipinski definition) is 2. The molecule has 8 nitrogen and oxygen atoms in total. The third kappa shape index (κ3) is 4.77. The molecule has 26 heavy (non-hydrogen) atoms. The van der Waals surface area contributed by atoms with Crippen LogP contribution in [-0.2, 0) is 16.6 Å². The van der Waals surface area contributed by atoms with Gasteiger partial charge in [0.2, 0.25) is 16.0 Å². The van der Waals surface area contributed by atoms with E-state index in [4.69, 9.17) is 5.73 Å². The highest BCUT2D eigenvalue weighted by atomic mass is 32.2. The summed E-state index contributed by atoms with van der Waals surface area (Å²) in [5, 5.41) is 2.82. The first-order chi connectivity index (χ1) is 12.2. The van der Waals surface area contributed by atoms with Crippen LogP contribution in [0.25, 0.3) is 0 Å². The lowest BCUT2D eigenvalue weighted by atomic mass is 10.2. The van der Waals surface area contributed by atoms with Crippen molar-refractivity contribution in [2.24, 2.45) is 0 Å². The number of nitrogens with zero attached hydrogens (tertiary/aromatic N) is 3. The van der Waals surface area contributed by atoms with Gasteiger partial charge in [-0.05, 0) is 31.5 Å². The van der Waals surface area contributed by atoms with Gasteiger partial charge < -0.3 is 11.1 Å². The average molecular weight is 377 g/mol. The number of carbonyl (C=O) groups is 1. The standard InChI is InChI=1S/C17H23N5O3S/c1-4-12(2)21-16(23)14-6-5-7-15(8-14)26(24,25)22(3)11-13-9-19-17(18)20-10-13/h5-10,12H,4,11H2,1-3H3,(H,21,23)(H2,18,19,20)/t12-/m0/s1. The second-order valence-corrected chi connectivity index (χ2v) is 8.07. The van der Waals surface area contributed by atoms with Crippen molar-refractivity contribution in [2.45, 2.75) is 37.8 Å². The van der Waals surface area contributed by atoms with Gasteiger partial charge in [0, 0.05) is 43.2 Å². The quantitative estimate of drug-likeness (QED) is 0.753. The zero-order chi connectivity index (χ0) is 19.3. The summed E-state index contributed by atoms with van der Waals surface area (Å²) in [6, 6.07) is 5.99. The molecule has 1 aromatic heterocycles. The Bertz CT molecular complexity index is 868. The first kappa shape index (κ1) is 19.8. The minimum Gasteiger partial charge on any atom is -0.368 e. The van der Waals surface area contributed by atoms with E-state index < -0.39 is 10.0 Å². The van der Waals surface area contributed by atoms with Gasteiger partial charge in [0.25, 0.3) is 5.91 Å². The molecule has 0 aliphatic carbocycles. The summed E-state index contributed by atoms with van der Waals surface area (Å²) in [7, 11) is -2.31. The molecule has 3 N–H and O–H groups in total. The van der Waals surface area contributed by atoms with E-state index in [0.29, 0.717) is 11.1 Å². The smallest absolute Gasteiger partial charge is 0.251 e. The van der Waals surface area contributed by atoms with Gasteiger partial charge in [-0.3, -0.25) is 4.79 Å². The maximum Gasteiger partial charge on any atom is 0.251 e. The number of benzene rings is 1. The maximum absolute atomic E-state index is 12.8. The molecule has 0 fully saturated rings. The maximum atomic E-state index is 12.8. The lowest BCUT2D eigenvalue weighted by Gasteiger charge is -2.18. The molecule has 2 aromatic rings. The molecule has 0 saturated heterocycles. The first-order valence-corrected chi connectivity index (χ1v) is 9.61. The van der Waals surface area contributed by atoms with Gasteiger partial charge in [-0.15, -0.1) is 0 Å². The normalized spacial score (nSPS) is 12.8. The number of nitrogen functional groups attached to an aromatic ring is 1. The number of amides is 1. The zero-order valence-corrected chi connectivity index (χ0v) is 15.8. The van der Waals surface area contributed by atoms with Crippen LogP contribution in [0.4, 0.5) is 5.95 Å². The SMILES string of the molecule is CC[C@H](C)NC(=O)c1cccc(S(=O)(=O)N(C)Cc2cnc(N)nc2)c1. The Balaban J connectivity index is 2.21. The Morgan fingerprint density at radius 3 is 2.58 bits per heavy atom. The van der Waals surface area contributed by atoms with Crippen LogP contribution in [0.5, 0.6) is 0 Å². The van der Waals surface area contributed by atoms with Gasteiger partial charge in [0.1, 0.15) is 0 Å². The molecule has 0 bridgehead atoms. The first-order valence-electron chi connectivity index (χ1n) is 8.17. The summed E-state index contributed by atoms with van der Waals surface area (Å²) in [5.74, 6) is -0.176. The van der Waals surface area contributed by atoms with Crippen LogP contribution >= 0.6 is 0 Å². The van der Waals surface area contributed by atoms with E-state index in [1.807, 2.05) is 13.8 Å². The Morgan fingerprint density at radius 2 is 1.96 bits per heavy atom. The molecule has 2 rings (SSSR count). The molecule has 1 atom stereocenters. The van der Waals surface area contributed by atoms with Crippen LogP contribution in [0.3, 0.4) is 0 Å². The predicted molar refractivity (Wildman–Crippen MR) is 98.8 cm³/mol. The number of rotatable bonds is 7. The van der Waals surface area contributed by atoms with E-state index in [9.17, 15) is 13.2 Å². The Kier molecular flexibility index (Phi) is 6.27. The van der Waals surface area contributed by atoms with E-state index in [-0.39, 0.29) is 29.3 Å². The summed E-state index contributed by atoms with van der Waals surface area (Å²) in [5.41, 5.74) is 6.34. The van der Waals surface area contributed by atoms with Gasteiger partial charge >= 0.3 is 0 Å². The highest BCUT2D eigenvalue weighted by Crippen LogP contribution is 2.18. The fourth-order valence-corrected chi connectivity index (χ4v) is 3.38. The number of hydrogen-bond acceptors (Lipinski definition) is 6. The summed E-state index contributed by atoms with van der Waals surface area (Å²) in [6.07, 6.45) is 3.74. The molecule has 1 heterocycles. The molecular formula is C17H23N5O3S. The van der Waals surface area contributed by atoms with Crippen molar-refractivity contribution in [2.75, 3.05) is 12.8 Å². The number of carbonyl (C=O) groups excluding carboxylic acids is 1. The second kappa shape index (κ2) is 8.24. The lowest BCUT2D eigenvalue weighted by Crippen LogP contribution is -2.32. The fraction of sp³-hybridized carbons (Fsp3) is 0.353. The van der Waals surface area contributed by atoms with Gasteiger partial charge in [-0.1, -0.05) is 13.0 Å². The number of nitrogens with two attached hydrogens (primary N) is 1. The minimum absolute atomic E-state index is 0.0101. The lowest BCUT2D eigenvalue weighted by molar-refractivity contribution is 0.0939. The third-order valence-corrected chi connectivity index (χ3v) is 5.72. The van der Waals surface area contributed by atoms with Gasteiger partial charge in [-0.2, -0.15) is 4.31 Å². The average Bonchev–Trinajstić information content (AvgIpc) is 2.63. The highest BCUT2D eigenvalue weighted by Gasteiger charge is 2.22. The minimum atomic E-state index is -3.77. The van der Waals surface area contributed by atoms with Crippen LogP contribution < -0.4 is 11.1 Å². The topological polar surface area (TPSA) is 118 Å². The van der Waals surface area contributed by atoms with Crippen molar-refractivity contribution in [1.29, 1.82) is 0 Å². The van der Waals surface area contributed by atoms with Crippen molar-refractivity contribution >= 4 is 21.9 Å². The highest BCUT2D eigenvalue weighted by molar-refractivity contribution is 7.89. The molecule has 0 spiro atoms. The monoisotopic (exact) mass is 377 g/mol. The van der Waals surface area contributed by atoms with Crippen LogP contribution in [0, 0.1) is 0 Å². The van der Waals surface area contributed by atoms with E-state index in [1.165, 1.54) is 35.9 Å². The van der Waals surface area contributed by atoms with Crippen molar-refractivity contribution in [3.8, 4) is 0 Å². The Hall–Kier alpha value is -2.52. The summed E-state index contributed by atoms with van der Waals surface area (Å²) in [4.78, 5) is 20.0. The molecule has 1 aromatic carbocycles. The molecule has 0 radical (unpaired) electrons. The molecule has 0 aliphatic heterocycles. The summed E-state index contributed by atoms with van der Waals surface area (Å²) < 4.78 is 26.7. The van der Waals surface area contributed by atoms with E-state index in [1.54, 1.807) is 12.1 Å². The van der Waals surface area contributed by atoms with E-state index >= 15 is 0 Å². The summed E-state index contributed by atoms with van der Waals surface area (Å²) in [6.45, 7) is 3.94. The van der Waals surface area contributed by atoms with Crippen molar-refractivity contribution in [3.63, 3.8) is 0 Å². The Labute approximate surface area is 153 Å². The van der Waals surface area contributed by atoms with Crippen molar-refractivity contribution in [1.82, 2.24) is 19.6 Å². The third-order valence-electron chi connectivity index (χ3n) is 3.92. The van der Waals surface area contributed by atoms with Crippen molar-refractivity contribution in [3.05, 3.63) is 47.8 Å². The van der Waals surface area contributed by atoms with E-state index in [2.05, 4.69) is 15.3 Å². The fourth-order valence-electron chi connectivity index (χ4n) is 2.18. The number of anilines is 1.